The minimum absolute atomic E-state index is 0. The highest BCUT2D eigenvalue weighted by molar-refractivity contribution is 5.92. The van der Waals surface area contributed by atoms with Gasteiger partial charge in [0.25, 0.3) is 0 Å². The fourth-order valence-electron chi connectivity index (χ4n) is 2.56. The van der Waals surface area contributed by atoms with Gasteiger partial charge in [0.2, 0.25) is 5.91 Å². The van der Waals surface area contributed by atoms with Gasteiger partial charge in [-0.15, -0.1) is 12.4 Å². The van der Waals surface area contributed by atoms with Gasteiger partial charge in [-0.2, -0.15) is 0 Å². The van der Waals surface area contributed by atoms with Gasteiger partial charge in [0, 0.05) is 24.8 Å². The molecule has 1 saturated heterocycles. The maximum atomic E-state index is 12.0. The number of rotatable bonds is 3. The van der Waals surface area contributed by atoms with Crippen LogP contribution in [0.15, 0.2) is 18.2 Å². The molecule has 112 valence electrons. The zero-order valence-electron chi connectivity index (χ0n) is 12.2. The number of amides is 1. The summed E-state index contributed by atoms with van der Waals surface area (Å²) in [6.07, 6.45) is 1.97. The Bertz CT molecular complexity index is 436. The van der Waals surface area contributed by atoms with Crippen LogP contribution in [0.5, 0.6) is 0 Å². The number of piperidine rings is 1. The monoisotopic (exact) mass is 297 g/mol. The lowest BCUT2D eigenvalue weighted by Crippen LogP contribution is -2.43. The van der Waals surface area contributed by atoms with Gasteiger partial charge < -0.3 is 11.1 Å². The Morgan fingerprint density at radius 3 is 2.35 bits per heavy atom. The summed E-state index contributed by atoms with van der Waals surface area (Å²) in [6, 6.07) is 6.40. The summed E-state index contributed by atoms with van der Waals surface area (Å²) >= 11 is 0. The molecule has 20 heavy (non-hydrogen) atoms. The number of nitrogens with one attached hydrogen (secondary N) is 1. The molecular formula is C15H24ClN3O. The second kappa shape index (κ2) is 7.62. The molecule has 3 N–H and O–H groups in total. The molecule has 0 atom stereocenters. The number of hydrogen-bond acceptors (Lipinski definition) is 3. The van der Waals surface area contributed by atoms with Gasteiger partial charge in [0.1, 0.15) is 0 Å². The second-order valence-electron chi connectivity index (χ2n) is 5.54. The van der Waals surface area contributed by atoms with Crippen LogP contribution >= 0.6 is 12.4 Å². The average molecular weight is 298 g/mol. The molecule has 0 radical (unpaired) electrons. The van der Waals surface area contributed by atoms with Crippen LogP contribution in [0.4, 0.5) is 5.69 Å². The van der Waals surface area contributed by atoms with E-state index in [-0.39, 0.29) is 18.3 Å². The van der Waals surface area contributed by atoms with Crippen molar-refractivity contribution in [3.05, 3.63) is 29.3 Å². The maximum Gasteiger partial charge on any atom is 0.238 e. The van der Waals surface area contributed by atoms with Gasteiger partial charge in [-0.1, -0.05) is 6.07 Å². The van der Waals surface area contributed by atoms with E-state index in [1.54, 1.807) is 0 Å². The normalized spacial score (nSPS) is 16.6. The lowest BCUT2D eigenvalue weighted by Gasteiger charge is -2.29. The van der Waals surface area contributed by atoms with Gasteiger partial charge in [0.05, 0.1) is 6.54 Å². The number of carbonyl (C=O) groups is 1. The van der Waals surface area contributed by atoms with Crippen molar-refractivity contribution in [1.82, 2.24) is 4.90 Å². The third-order valence-electron chi connectivity index (χ3n) is 3.50. The van der Waals surface area contributed by atoms with Crippen molar-refractivity contribution in [2.45, 2.75) is 32.7 Å². The van der Waals surface area contributed by atoms with Crippen LogP contribution in [0, 0.1) is 13.8 Å². The molecule has 0 spiro atoms. The topological polar surface area (TPSA) is 58.4 Å². The zero-order valence-corrected chi connectivity index (χ0v) is 13.0. The molecule has 1 amide bonds. The van der Waals surface area contributed by atoms with Crippen molar-refractivity contribution in [3.63, 3.8) is 0 Å². The predicted molar refractivity (Wildman–Crippen MR) is 85.4 cm³/mol. The maximum absolute atomic E-state index is 12.0. The molecule has 5 heteroatoms. The summed E-state index contributed by atoms with van der Waals surface area (Å²) in [5.74, 6) is 0.0560. The van der Waals surface area contributed by atoms with Crippen molar-refractivity contribution in [1.29, 1.82) is 0 Å². The molecule has 0 aliphatic carbocycles. The van der Waals surface area contributed by atoms with Crippen LogP contribution < -0.4 is 11.1 Å². The standard InChI is InChI=1S/C15H23N3O.ClH/c1-11-7-12(2)9-14(8-11)17-15(19)10-18-5-3-13(16)4-6-18;/h7-9,13H,3-6,10,16H2,1-2H3,(H,17,19);1H. The highest BCUT2D eigenvalue weighted by Gasteiger charge is 2.18. The van der Waals surface area contributed by atoms with E-state index in [0.717, 1.165) is 31.6 Å². The van der Waals surface area contributed by atoms with Gasteiger partial charge >= 0.3 is 0 Å². The van der Waals surface area contributed by atoms with Gasteiger partial charge in [-0.25, -0.2) is 0 Å². The number of benzene rings is 1. The average Bonchev–Trinajstić information content (AvgIpc) is 2.30. The Labute approximate surface area is 127 Å². The van der Waals surface area contributed by atoms with Crippen LogP contribution in [-0.2, 0) is 4.79 Å². The first kappa shape index (κ1) is 17.0. The number of aryl methyl sites for hydroxylation is 2. The van der Waals surface area contributed by atoms with Crippen LogP contribution in [0.25, 0.3) is 0 Å². The Balaban J connectivity index is 0.00000200. The summed E-state index contributed by atoms with van der Waals surface area (Å²) in [5.41, 5.74) is 9.07. The van der Waals surface area contributed by atoms with Crippen molar-refractivity contribution in [3.8, 4) is 0 Å². The number of nitrogens with two attached hydrogens (primary N) is 1. The first-order valence-corrected chi connectivity index (χ1v) is 6.89. The number of nitrogens with zero attached hydrogens (tertiary/aromatic N) is 1. The summed E-state index contributed by atoms with van der Waals surface area (Å²) in [4.78, 5) is 14.2. The molecule has 4 nitrogen and oxygen atoms in total. The molecule has 1 aliphatic heterocycles. The van der Waals surface area contributed by atoms with Gasteiger partial charge in [-0.05, 0) is 49.9 Å². The third-order valence-corrected chi connectivity index (χ3v) is 3.50. The summed E-state index contributed by atoms with van der Waals surface area (Å²) in [6.45, 7) is 6.37. The first-order chi connectivity index (χ1) is 9.02. The van der Waals surface area contributed by atoms with Gasteiger partial charge in [0.15, 0.2) is 0 Å². The van der Waals surface area contributed by atoms with Crippen LogP contribution in [-0.4, -0.2) is 36.5 Å². The van der Waals surface area contributed by atoms with E-state index in [4.69, 9.17) is 5.73 Å². The van der Waals surface area contributed by atoms with E-state index in [2.05, 4.69) is 16.3 Å². The van der Waals surface area contributed by atoms with E-state index < -0.39 is 0 Å². The van der Waals surface area contributed by atoms with E-state index in [9.17, 15) is 4.79 Å². The fourth-order valence-corrected chi connectivity index (χ4v) is 2.56. The highest BCUT2D eigenvalue weighted by atomic mass is 35.5. The Morgan fingerprint density at radius 1 is 1.25 bits per heavy atom. The molecule has 0 bridgehead atoms. The van der Waals surface area contributed by atoms with Crippen LogP contribution in [0.2, 0.25) is 0 Å². The summed E-state index contributed by atoms with van der Waals surface area (Å²) in [7, 11) is 0. The number of halogens is 1. The molecule has 0 saturated carbocycles. The predicted octanol–water partition coefficient (Wildman–Crippen LogP) is 2.09. The lowest BCUT2D eigenvalue weighted by molar-refractivity contribution is -0.117. The fraction of sp³-hybridized carbons (Fsp3) is 0.533. The van der Waals surface area contributed by atoms with E-state index in [1.807, 2.05) is 26.0 Å². The number of hydrogen-bond donors (Lipinski definition) is 2. The van der Waals surface area contributed by atoms with E-state index in [1.165, 1.54) is 11.1 Å². The summed E-state index contributed by atoms with van der Waals surface area (Å²) < 4.78 is 0. The van der Waals surface area contributed by atoms with Gasteiger partial charge in [-0.3, -0.25) is 9.69 Å². The molecule has 0 aromatic heterocycles. The third kappa shape index (κ3) is 5.12. The minimum Gasteiger partial charge on any atom is -0.328 e. The molecule has 1 aromatic rings. The number of carbonyl (C=O) groups excluding carboxylic acids is 1. The molecule has 0 unspecified atom stereocenters. The van der Waals surface area contributed by atoms with Crippen molar-refractivity contribution >= 4 is 24.0 Å². The molecule has 1 aromatic carbocycles. The molecule has 2 rings (SSSR count). The minimum atomic E-state index is 0. The number of likely N-dealkylation sites (tertiary alicyclic amines) is 1. The molecular weight excluding hydrogens is 274 g/mol. The van der Waals surface area contributed by atoms with Crippen molar-refractivity contribution < 1.29 is 4.79 Å². The van der Waals surface area contributed by atoms with E-state index >= 15 is 0 Å². The van der Waals surface area contributed by atoms with Crippen LogP contribution in [0.3, 0.4) is 0 Å². The largest absolute Gasteiger partial charge is 0.328 e. The Morgan fingerprint density at radius 2 is 1.80 bits per heavy atom. The molecule has 1 heterocycles. The van der Waals surface area contributed by atoms with E-state index in [0.29, 0.717) is 12.6 Å². The molecule has 1 aliphatic rings. The smallest absolute Gasteiger partial charge is 0.238 e. The number of anilines is 1. The lowest BCUT2D eigenvalue weighted by atomic mass is 10.1. The Kier molecular flexibility index (Phi) is 6.46. The SMILES string of the molecule is Cc1cc(C)cc(NC(=O)CN2CCC(N)CC2)c1.Cl. The quantitative estimate of drug-likeness (QED) is 0.898. The summed E-state index contributed by atoms with van der Waals surface area (Å²) in [5, 5.41) is 2.97. The van der Waals surface area contributed by atoms with Crippen molar-refractivity contribution in [2.24, 2.45) is 5.73 Å². The van der Waals surface area contributed by atoms with Crippen molar-refractivity contribution in [2.75, 3.05) is 25.0 Å². The molecule has 1 fully saturated rings. The zero-order chi connectivity index (χ0) is 13.8. The highest BCUT2D eigenvalue weighted by Crippen LogP contribution is 2.14. The Hall–Kier alpha value is -1.10. The van der Waals surface area contributed by atoms with Crippen LogP contribution in [0.1, 0.15) is 24.0 Å². The first-order valence-electron chi connectivity index (χ1n) is 6.89. The second-order valence-corrected chi connectivity index (χ2v) is 5.54.